The standard InChI is InChI=1S/C19H16N6O/c1-13-5-4-10-19(26,12-13)14-8-9-17-18(11-14)23-25(22-17)24-20-15-6-2-3-7-16(15)21-24/h2-9,11-12,26H,10H2,1H3. The van der Waals surface area contributed by atoms with Gasteiger partial charge in [0.1, 0.15) is 27.7 Å². The van der Waals surface area contributed by atoms with Crippen molar-refractivity contribution in [1.29, 1.82) is 0 Å². The number of fused-ring (bicyclic) bond motifs is 2. The third-order valence-electron chi connectivity index (χ3n) is 4.58. The Labute approximate surface area is 148 Å². The fraction of sp³-hybridized carbons (Fsp3) is 0.158. The zero-order valence-electron chi connectivity index (χ0n) is 14.1. The number of hydrogen-bond donors (Lipinski definition) is 1. The first-order valence-electron chi connectivity index (χ1n) is 8.39. The molecule has 0 spiro atoms. The first kappa shape index (κ1) is 15.0. The molecule has 7 heteroatoms. The van der Waals surface area contributed by atoms with Crippen molar-refractivity contribution in [2.45, 2.75) is 18.9 Å². The van der Waals surface area contributed by atoms with E-state index < -0.39 is 5.60 Å². The van der Waals surface area contributed by atoms with Gasteiger partial charge in [-0.25, -0.2) is 0 Å². The summed E-state index contributed by atoms with van der Waals surface area (Å²) in [4.78, 5) is 2.73. The number of aliphatic hydroxyl groups is 1. The van der Waals surface area contributed by atoms with Crippen molar-refractivity contribution in [1.82, 2.24) is 30.2 Å². The maximum atomic E-state index is 11.0. The molecule has 0 fully saturated rings. The predicted octanol–water partition coefficient (Wildman–Crippen LogP) is 2.58. The number of nitrogens with zero attached hydrogens (tertiary/aromatic N) is 6. The molecule has 2 aromatic carbocycles. The Hall–Kier alpha value is -3.32. The molecule has 26 heavy (non-hydrogen) atoms. The van der Waals surface area contributed by atoms with Gasteiger partial charge in [-0.05, 0) is 52.6 Å². The quantitative estimate of drug-likeness (QED) is 0.604. The number of benzene rings is 2. The average Bonchev–Trinajstić information content (AvgIpc) is 3.24. The van der Waals surface area contributed by atoms with E-state index in [1.807, 2.05) is 67.6 Å². The first-order valence-corrected chi connectivity index (χ1v) is 8.39. The van der Waals surface area contributed by atoms with E-state index in [0.717, 1.165) is 22.2 Å². The molecule has 1 aliphatic rings. The van der Waals surface area contributed by atoms with Gasteiger partial charge in [0.05, 0.1) is 0 Å². The van der Waals surface area contributed by atoms with Gasteiger partial charge in [0.25, 0.3) is 0 Å². The highest BCUT2D eigenvalue weighted by Crippen LogP contribution is 2.32. The highest BCUT2D eigenvalue weighted by Gasteiger charge is 2.28. The molecule has 0 radical (unpaired) electrons. The normalized spacial score (nSPS) is 20.0. The summed E-state index contributed by atoms with van der Waals surface area (Å²) in [6.45, 7) is 1.98. The monoisotopic (exact) mass is 344 g/mol. The molecule has 0 saturated heterocycles. The van der Waals surface area contributed by atoms with E-state index in [1.54, 1.807) is 0 Å². The highest BCUT2D eigenvalue weighted by molar-refractivity contribution is 5.75. The molecule has 2 aromatic heterocycles. The molecule has 0 bridgehead atoms. The largest absolute Gasteiger partial charge is 0.381 e. The van der Waals surface area contributed by atoms with Gasteiger partial charge in [-0.15, -0.1) is 20.4 Å². The van der Waals surface area contributed by atoms with Gasteiger partial charge < -0.3 is 5.11 Å². The van der Waals surface area contributed by atoms with Crippen LogP contribution in [0.3, 0.4) is 0 Å². The average molecular weight is 344 g/mol. The minimum atomic E-state index is -1.02. The van der Waals surface area contributed by atoms with Crippen LogP contribution in [0.5, 0.6) is 0 Å². The van der Waals surface area contributed by atoms with Crippen molar-refractivity contribution in [2.75, 3.05) is 0 Å². The molecule has 0 saturated carbocycles. The van der Waals surface area contributed by atoms with Crippen LogP contribution in [0.2, 0.25) is 0 Å². The number of aromatic nitrogens is 6. The van der Waals surface area contributed by atoms with Crippen molar-refractivity contribution in [3.8, 4) is 0 Å². The molecule has 5 rings (SSSR count). The summed E-state index contributed by atoms with van der Waals surface area (Å²) in [5.41, 5.74) is 3.75. The molecule has 1 N–H and O–H groups in total. The van der Waals surface area contributed by atoms with Gasteiger partial charge in [0.2, 0.25) is 0 Å². The predicted molar refractivity (Wildman–Crippen MR) is 97.3 cm³/mol. The number of allylic oxidation sites excluding steroid dienone is 2. The second kappa shape index (κ2) is 5.34. The van der Waals surface area contributed by atoms with Crippen LogP contribution in [0.15, 0.2) is 66.3 Å². The van der Waals surface area contributed by atoms with Gasteiger partial charge in [-0.2, -0.15) is 0 Å². The summed E-state index contributed by atoms with van der Waals surface area (Å²) >= 11 is 0. The Balaban J connectivity index is 1.59. The third kappa shape index (κ3) is 2.33. The lowest BCUT2D eigenvalue weighted by atomic mass is 9.85. The molecule has 1 unspecified atom stereocenters. The van der Waals surface area contributed by atoms with Crippen LogP contribution in [0, 0.1) is 0 Å². The van der Waals surface area contributed by atoms with Crippen molar-refractivity contribution in [2.24, 2.45) is 0 Å². The topological polar surface area (TPSA) is 81.7 Å². The molecule has 0 amide bonds. The van der Waals surface area contributed by atoms with E-state index in [1.165, 1.54) is 9.81 Å². The van der Waals surface area contributed by atoms with Gasteiger partial charge in [-0.1, -0.05) is 35.9 Å². The third-order valence-corrected chi connectivity index (χ3v) is 4.58. The summed E-state index contributed by atoms with van der Waals surface area (Å²) in [7, 11) is 0. The molecular formula is C19H16N6O. The SMILES string of the molecule is CC1=CC(O)(c2ccc3nn(-n4nc5ccccc5n4)nc3c2)CC=C1. The Morgan fingerprint density at radius 3 is 2.15 bits per heavy atom. The first-order chi connectivity index (χ1) is 12.6. The van der Waals surface area contributed by atoms with Crippen molar-refractivity contribution >= 4 is 22.1 Å². The summed E-state index contributed by atoms with van der Waals surface area (Å²) in [5.74, 6) is 0. The maximum Gasteiger partial charge on any atom is 0.115 e. The van der Waals surface area contributed by atoms with Gasteiger partial charge >= 0.3 is 0 Å². The van der Waals surface area contributed by atoms with Crippen LogP contribution in [-0.4, -0.2) is 35.3 Å². The van der Waals surface area contributed by atoms with Crippen LogP contribution >= 0.6 is 0 Å². The fourth-order valence-electron chi connectivity index (χ4n) is 3.29. The van der Waals surface area contributed by atoms with Crippen LogP contribution in [0.4, 0.5) is 0 Å². The van der Waals surface area contributed by atoms with Crippen LogP contribution in [0.1, 0.15) is 18.9 Å². The van der Waals surface area contributed by atoms with Gasteiger partial charge in [-0.3, -0.25) is 0 Å². The smallest absolute Gasteiger partial charge is 0.115 e. The molecule has 4 aromatic rings. The van der Waals surface area contributed by atoms with Crippen molar-refractivity contribution in [3.63, 3.8) is 0 Å². The van der Waals surface area contributed by atoms with E-state index in [0.29, 0.717) is 17.5 Å². The Bertz CT molecular complexity index is 1170. The maximum absolute atomic E-state index is 11.0. The minimum Gasteiger partial charge on any atom is -0.381 e. The summed E-state index contributed by atoms with van der Waals surface area (Å²) in [6.07, 6.45) is 6.41. The molecule has 2 heterocycles. The Morgan fingerprint density at radius 2 is 1.50 bits per heavy atom. The Kier molecular flexibility index (Phi) is 3.07. The Morgan fingerprint density at radius 1 is 0.885 bits per heavy atom. The van der Waals surface area contributed by atoms with E-state index >= 15 is 0 Å². The van der Waals surface area contributed by atoms with E-state index in [2.05, 4.69) is 20.4 Å². The molecule has 1 aliphatic carbocycles. The van der Waals surface area contributed by atoms with Crippen molar-refractivity contribution in [3.05, 3.63) is 71.8 Å². The van der Waals surface area contributed by atoms with Gasteiger partial charge in [0, 0.05) is 6.42 Å². The van der Waals surface area contributed by atoms with Gasteiger partial charge in [0.15, 0.2) is 0 Å². The second-order valence-electron chi connectivity index (χ2n) is 6.55. The van der Waals surface area contributed by atoms with Crippen molar-refractivity contribution < 1.29 is 5.11 Å². The van der Waals surface area contributed by atoms with E-state index in [-0.39, 0.29) is 0 Å². The summed E-state index contributed by atoms with van der Waals surface area (Å²) in [5, 5.41) is 28.7. The van der Waals surface area contributed by atoms with Crippen LogP contribution in [0.25, 0.3) is 22.1 Å². The zero-order chi connectivity index (χ0) is 17.7. The van der Waals surface area contributed by atoms with E-state index in [9.17, 15) is 5.11 Å². The summed E-state index contributed by atoms with van der Waals surface area (Å²) in [6, 6.07) is 13.2. The molecule has 128 valence electrons. The number of rotatable bonds is 2. The summed E-state index contributed by atoms with van der Waals surface area (Å²) < 4.78 is 0. The lowest BCUT2D eigenvalue weighted by molar-refractivity contribution is 0.0909. The van der Waals surface area contributed by atoms with Crippen LogP contribution in [-0.2, 0) is 5.60 Å². The second-order valence-corrected chi connectivity index (χ2v) is 6.55. The molecule has 1 atom stereocenters. The molecule has 0 aliphatic heterocycles. The lowest BCUT2D eigenvalue weighted by Gasteiger charge is -2.27. The van der Waals surface area contributed by atoms with Crippen LogP contribution < -0.4 is 0 Å². The fourth-order valence-corrected chi connectivity index (χ4v) is 3.29. The minimum absolute atomic E-state index is 0.538. The molecule has 7 nitrogen and oxygen atoms in total. The van der Waals surface area contributed by atoms with E-state index in [4.69, 9.17) is 0 Å². The highest BCUT2D eigenvalue weighted by atomic mass is 16.3. The zero-order valence-corrected chi connectivity index (χ0v) is 14.1. The molecular weight excluding hydrogens is 328 g/mol. The number of hydrogen-bond acceptors (Lipinski definition) is 5. The lowest BCUT2D eigenvalue weighted by Crippen LogP contribution is -2.24.